The maximum Gasteiger partial charge on any atom is 0.133 e. The van der Waals surface area contributed by atoms with E-state index in [1.807, 2.05) is 6.92 Å². The highest BCUT2D eigenvalue weighted by atomic mass is 19.1. The van der Waals surface area contributed by atoms with Gasteiger partial charge in [-0.3, -0.25) is 4.79 Å². The molecular formula is C12H14F2O. The number of halogens is 2. The Morgan fingerprint density at radius 2 is 2.07 bits per heavy atom. The van der Waals surface area contributed by atoms with Crippen molar-refractivity contribution in [1.82, 2.24) is 0 Å². The number of carbonyl (C=O) groups excluding carboxylic acids is 1. The predicted molar refractivity (Wildman–Crippen MR) is 54.5 cm³/mol. The molecule has 0 aromatic heterocycles. The van der Waals surface area contributed by atoms with Crippen LogP contribution in [0, 0.1) is 17.6 Å². The second-order valence-electron chi connectivity index (χ2n) is 3.66. The Labute approximate surface area is 88.1 Å². The summed E-state index contributed by atoms with van der Waals surface area (Å²) in [6.45, 7) is 3.38. The average Bonchev–Trinajstić information content (AvgIpc) is 2.16. The van der Waals surface area contributed by atoms with E-state index in [1.54, 1.807) is 0 Å². The molecule has 0 spiro atoms. The van der Waals surface area contributed by atoms with Crippen LogP contribution in [-0.2, 0) is 11.2 Å². The number of hydrogen-bond donors (Lipinski definition) is 0. The Balaban J connectivity index is 2.84. The first-order chi connectivity index (χ1) is 7.04. The molecule has 0 aliphatic heterocycles. The van der Waals surface area contributed by atoms with E-state index in [4.69, 9.17) is 0 Å². The largest absolute Gasteiger partial charge is 0.300 e. The molecule has 1 nitrogen and oxygen atoms in total. The SMILES string of the molecule is CCC(Cc1ccc(F)cc1F)C(C)=O. The highest BCUT2D eigenvalue weighted by Crippen LogP contribution is 2.17. The lowest BCUT2D eigenvalue weighted by atomic mass is 9.93. The summed E-state index contributed by atoms with van der Waals surface area (Å²) in [4.78, 5) is 11.2. The molecule has 0 saturated carbocycles. The second kappa shape index (κ2) is 5.01. The van der Waals surface area contributed by atoms with Crippen LogP contribution < -0.4 is 0 Å². The van der Waals surface area contributed by atoms with Crippen LogP contribution in [0.1, 0.15) is 25.8 Å². The van der Waals surface area contributed by atoms with Crippen molar-refractivity contribution in [1.29, 1.82) is 0 Å². The first-order valence-corrected chi connectivity index (χ1v) is 4.99. The number of Topliss-reactive ketones (excluding diaryl/α,β-unsaturated/α-hetero) is 1. The summed E-state index contributed by atoms with van der Waals surface area (Å²) >= 11 is 0. The summed E-state index contributed by atoms with van der Waals surface area (Å²) in [5.74, 6) is -1.30. The zero-order chi connectivity index (χ0) is 11.4. The topological polar surface area (TPSA) is 17.1 Å². The van der Waals surface area contributed by atoms with Crippen LogP contribution in [0.15, 0.2) is 18.2 Å². The van der Waals surface area contributed by atoms with E-state index in [2.05, 4.69) is 0 Å². The van der Waals surface area contributed by atoms with Gasteiger partial charge in [0.25, 0.3) is 0 Å². The molecule has 0 fully saturated rings. The summed E-state index contributed by atoms with van der Waals surface area (Å²) in [5.41, 5.74) is 0.401. The maximum absolute atomic E-state index is 13.3. The molecule has 0 radical (unpaired) electrons. The van der Waals surface area contributed by atoms with E-state index in [0.717, 1.165) is 6.07 Å². The third-order valence-electron chi connectivity index (χ3n) is 2.55. The third-order valence-corrected chi connectivity index (χ3v) is 2.55. The highest BCUT2D eigenvalue weighted by molar-refractivity contribution is 5.78. The van der Waals surface area contributed by atoms with Crippen LogP contribution in [0.4, 0.5) is 8.78 Å². The molecule has 3 heteroatoms. The summed E-state index contributed by atoms with van der Waals surface area (Å²) in [7, 11) is 0. The third kappa shape index (κ3) is 3.11. The van der Waals surface area contributed by atoms with Crippen molar-refractivity contribution in [3.8, 4) is 0 Å². The van der Waals surface area contributed by atoms with Crippen molar-refractivity contribution in [2.45, 2.75) is 26.7 Å². The predicted octanol–water partition coefficient (Wildman–Crippen LogP) is 3.12. The Hall–Kier alpha value is -1.25. The molecule has 0 heterocycles. The van der Waals surface area contributed by atoms with Gasteiger partial charge in [-0.25, -0.2) is 8.78 Å². The fourth-order valence-corrected chi connectivity index (χ4v) is 1.53. The van der Waals surface area contributed by atoms with Crippen LogP contribution in [0.3, 0.4) is 0 Å². The summed E-state index contributed by atoms with van der Waals surface area (Å²) in [5, 5.41) is 0. The van der Waals surface area contributed by atoms with Gasteiger partial charge < -0.3 is 0 Å². The minimum atomic E-state index is -0.591. The Morgan fingerprint density at radius 3 is 2.53 bits per heavy atom. The van der Waals surface area contributed by atoms with Crippen molar-refractivity contribution in [2.24, 2.45) is 5.92 Å². The van der Waals surface area contributed by atoms with Gasteiger partial charge in [0, 0.05) is 12.0 Å². The van der Waals surface area contributed by atoms with Gasteiger partial charge in [0.15, 0.2) is 0 Å². The molecule has 1 rings (SSSR count). The molecule has 1 aromatic rings. The lowest BCUT2D eigenvalue weighted by Gasteiger charge is -2.11. The van der Waals surface area contributed by atoms with Gasteiger partial charge in [-0.1, -0.05) is 13.0 Å². The molecule has 0 N–H and O–H groups in total. The van der Waals surface area contributed by atoms with E-state index in [1.165, 1.54) is 19.1 Å². The molecule has 0 amide bonds. The summed E-state index contributed by atoms with van der Waals surface area (Å²) < 4.78 is 25.9. The molecule has 15 heavy (non-hydrogen) atoms. The Bertz CT molecular complexity index is 361. The molecule has 0 bridgehead atoms. The van der Waals surface area contributed by atoms with Gasteiger partial charge in [0.05, 0.1) is 0 Å². The second-order valence-corrected chi connectivity index (χ2v) is 3.66. The fraction of sp³-hybridized carbons (Fsp3) is 0.417. The minimum absolute atomic E-state index is 0.0428. The van der Waals surface area contributed by atoms with E-state index in [0.29, 0.717) is 18.4 Å². The maximum atomic E-state index is 13.3. The number of benzene rings is 1. The molecule has 1 aromatic carbocycles. The lowest BCUT2D eigenvalue weighted by molar-refractivity contribution is -0.120. The molecule has 0 aliphatic rings. The number of carbonyl (C=O) groups is 1. The van der Waals surface area contributed by atoms with E-state index in [9.17, 15) is 13.6 Å². The van der Waals surface area contributed by atoms with E-state index in [-0.39, 0.29) is 11.7 Å². The standard InChI is InChI=1S/C12H14F2O/c1-3-9(8(2)15)6-10-4-5-11(13)7-12(10)14/h4-5,7,9H,3,6H2,1-2H3. The molecule has 0 saturated heterocycles. The smallest absolute Gasteiger partial charge is 0.133 e. The zero-order valence-corrected chi connectivity index (χ0v) is 8.89. The summed E-state index contributed by atoms with van der Waals surface area (Å²) in [6, 6.07) is 3.46. The van der Waals surface area contributed by atoms with Crippen molar-refractivity contribution >= 4 is 5.78 Å². The number of hydrogen-bond acceptors (Lipinski definition) is 1. The van der Waals surface area contributed by atoms with Crippen molar-refractivity contribution < 1.29 is 13.6 Å². The fourth-order valence-electron chi connectivity index (χ4n) is 1.53. The molecule has 0 aliphatic carbocycles. The summed E-state index contributed by atoms with van der Waals surface area (Å²) in [6.07, 6.45) is 1.02. The molecule has 1 atom stereocenters. The van der Waals surface area contributed by atoms with Crippen LogP contribution in [0.25, 0.3) is 0 Å². The first kappa shape index (κ1) is 11.8. The monoisotopic (exact) mass is 212 g/mol. The average molecular weight is 212 g/mol. The van der Waals surface area contributed by atoms with Gasteiger partial charge in [-0.2, -0.15) is 0 Å². The zero-order valence-electron chi connectivity index (χ0n) is 8.89. The van der Waals surface area contributed by atoms with Gasteiger partial charge in [0.1, 0.15) is 17.4 Å². The lowest BCUT2D eigenvalue weighted by Crippen LogP contribution is -2.13. The van der Waals surface area contributed by atoms with E-state index >= 15 is 0 Å². The van der Waals surface area contributed by atoms with Crippen LogP contribution in [0.2, 0.25) is 0 Å². The Morgan fingerprint density at radius 1 is 1.40 bits per heavy atom. The van der Waals surface area contributed by atoms with Crippen molar-refractivity contribution in [2.75, 3.05) is 0 Å². The van der Waals surface area contributed by atoms with Crippen LogP contribution in [0.5, 0.6) is 0 Å². The van der Waals surface area contributed by atoms with Crippen molar-refractivity contribution in [3.63, 3.8) is 0 Å². The molecule has 82 valence electrons. The highest BCUT2D eigenvalue weighted by Gasteiger charge is 2.15. The minimum Gasteiger partial charge on any atom is -0.300 e. The number of ketones is 1. The molecular weight excluding hydrogens is 198 g/mol. The Kier molecular flexibility index (Phi) is 3.95. The van der Waals surface area contributed by atoms with Crippen LogP contribution >= 0.6 is 0 Å². The quantitative estimate of drug-likeness (QED) is 0.749. The normalized spacial score (nSPS) is 12.5. The first-order valence-electron chi connectivity index (χ1n) is 4.99. The van der Waals surface area contributed by atoms with Crippen LogP contribution in [-0.4, -0.2) is 5.78 Å². The van der Waals surface area contributed by atoms with Gasteiger partial charge in [-0.05, 0) is 31.4 Å². The van der Waals surface area contributed by atoms with Gasteiger partial charge in [0.2, 0.25) is 0 Å². The van der Waals surface area contributed by atoms with Gasteiger partial charge >= 0.3 is 0 Å². The number of rotatable bonds is 4. The van der Waals surface area contributed by atoms with Gasteiger partial charge in [-0.15, -0.1) is 0 Å². The van der Waals surface area contributed by atoms with E-state index < -0.39 is 11.6 Å². The van der Waals surface area contributed by atoms with Crippen molar-refractivity contribution in [3.05, 3.63) is 35.4 Å². The molecule has 1 unspecified atom stereocenters.